The Kier molecular flexibility index (Phi) is 7.75. The van der Waals surface area contributed by atoms with Gasteiger partial charge in [0.1, 0.15) is 11.9 Å². The Balaban J connectivity index is 0.946. The number of fused-ring (bicyclic) bond motifs is 9. The third-order valence-electron chi connectivity index (χ3n) is 11.9. The molecule has 2 aliphatic rings. The summed E-state index contributed by atoms with van der Waals surface area (Å²) in [6, 6.07) is 66.6. The maximum Gasteiger partial charge on any atom is 0.135 e. The van der Waals surface area contributed by atoms with Gasteiger partial charge in [0.2, 0.25) is 0 Å². The highest BCUT2D eigenvalue weighted by Gasteiger charge is 2.36. The van der Waals surface area contributed by atoms with Crippen molar-refractivity contribution in [3.63, 3.8) is 0 Å². The monoisotopic (exact) mass is 777 g/mol. The van der Waals surface area contributed by atoms with Crippen LogP contribution in [0.2, 0.25) is 0 Å². The Morgan fingerprint density at radius 3 is 1.91 bits per heavy atom. The van der Waals surface area contributed by atoms with Crippen LogP contribution in [-0.2, 0) is 0 Å². The van der Waals surface area contributed by atoms with Crippen LogP contribution in [0, 0.1) is 0 Å². The van der Waals surface area contributed by atoms with Gasteiger partial charge in [0, 0.05) is 74.5 Å². The fourth-order valence-corrected chi connectivity index (χ4v) is 11.4. The molecule has 0 bridgehead atoms. The van der Waals surface area contributed by atoms with Gasteiger partial charge in [-0.25, -0.2) is 0 Å². The molecule has 0 saturated heterocycles. The number of ether oxygens (including phenoxy) is 1. The van der Waals surface area contributed by atoms with Crippen LogP contribution in [-0.4, -0.2) is 6.10 Å². The van der Waals surface area contributed by atoms with E-state index in [1.54, 1.807) is 0 Å². The van der Waals surface area contributed by atoms with E-state index in [2.05, 4.69) is 205 Å². The smallest absolute Gasteiger partial charge is 0.135 e. The molecule has 58 heavy (non-hydrogen) atoms. The molecule has 2 atom stereocenters. The lowest BCUT2D eigenvalue weighted by Crippen LogP contribution is -2.21. The van der Waals surface area contributed by atoms with E-state index in [0.29, 0.717) is 0 Å². The second kappa shape index (κ2) is 13.5. The van der Waals surface area contributed by atoms with Crippen molar-refractivity contribution in [2.24, 2.45) is 0 Å². The largest absolute Gasteiger partial charge is 0.484 e. The van der Waals surface area contributed by atoms with Crippen LogP contribution in [0.4, 0.5) is 17.1 Å². The number of hydrogen-bond donors (Lipinski definition) is 0. The number of hydrogen-bond acceptors (Lipinski definition) is 4. The topological polar surface area (TPSA) is 12.5 Å². The Bertz CT molecular complexity index is 3280. The van der Waals surface area contributed by atoms with Gasteiger partial charge in [-0.3, -0.25) is 0 Å². The molecule has 8 aromatic carbocycles. The summed E-state index contributed by atoms with van der Waals surface area (Å²) in [6.07, 6.45) is 6.64. The first-order valence-electron chi connectivity index (χ1n) is 19.8. The summed E-state index contributed by atoms with van der Waals surface area (Å²) in [5, 5.41) is 5.26. The van der Waals surface area contributed by atoms with E-state index in [4.69, 9.17) is 4.74 Å². The quantitative estimate of drug-likeness (QED) is 0.167. The Morgan fingerprint density at radius 1 is 0.448 bits per heavy atom. The molecule has 274 valence electrons. The van der Waals surface area contributed by atoms with E-state index in [9.17, 15) is 0 Å². The molecular formula is C54H35NOS2. The minimum Gasteiger partial charge on any atom is -0.484 e. The number of thiophene rings is 2. The predicted molar refractivity (Wildman–Crippen MR) is 248 cm³/mol. The predicted octanol–water partition coefficient (Wildman–Crippen LogP) is 15.7. The molecule has 4 heteroatoms. The van der Waals surface area contributed by atoms with Gasteiger partial charge >= 0.3 is 0 Å². The first kappa shape index (κ1) is 33.4. The molecule has 1 aliphatic carbocycles. The summed E-state index contributed by atoms with van der Waals surface area (Å²) >= 11 is 3.74. The minimum absolute atomic E-state index is 0.0309. The molecule has 12 rings (SSSR count). The molecule has 0 spiro atoms. The average molecular weight is 778 g/mol. The number of allylic oxidation sites excluding steroid dienone is 2. The first-order chi connectivity index (χ1) is 28.7. The SMILES string of the molecule is C1=CC2c3ccccc3OC2C(c2ccc(N(c3ccc(-c4cccc5c4sc4ccccc45)cc3)c3cccc(-c4ccc5sc6ccccc6c5c4)c3)cc2)=C1. The summed E-state index contributed by atoms with van der Waals surface area (Å²) in [5.74, 6) is 1.20. The first-order valence-corrected chi connectivity index (χ1v) is 21.4. The van der Waals surface area contributed by atoms with Crippen LogP contribution in [0.5, 0.6) is 5.75 Å². The molecule has 0 fully saturated rings. The van der Waals surface area contributed by atoms with Gasteiger partial charge in [0.05, 0.1) is 0 Å². The van der Waals surface area contributed by atoms with Crippen LogP contribution in [0.15, 0.2) is 200 Å². The summed E-state index contributed by atoms with van der Waals surface area (Å²) in [5.41, 5.74) is 11.8. The normalized spacial score (nSPS) is 15.8. The van der Waals surface area contributed by atoms with E-state index in [-0.39, 0.29) is 12.0 Å². The summed E-state index contributed by atoms with van der Waals surface area (Å²) in [7, 11) is 0. The minimum atomic E-state index is -0.0309. The van der Waals surface area contributed by atoms with Crippen LogP contribution >= 0.6 is 22.7 Å². The van der Waals surface area contributed by atoms with Crippen LogP contribution < -0.4 is 9.64 Å². The van der Waals surface area contributed by atoms with E-state index in [1.165, 1.54) is 79.3 Å². The maximum absolute atomic E-state index is 6.56. The second-order valence-electron chi connectivity index (χ2n) is 15.2. The van der Waals surface area contributed by atoms with E-state index >= 15 is 0 Å². The van der Waals surface area contributed by atoms with Crippen LogP contribution in [0.3, 0.4) is 0 Å². The molecule has 1 aliphatic heterocycles. The molecular weight excluding hydrogens is 743 g/mol. The second-order valence-corrected chi connectivity index (χ2v) is 17.3. The van der Waals surface area contributed by atoms with Crippen molar-refractivity contribution in [3.05, 3.63) is 211 Å². The van der Waals surface area contributed by atoms with Gasteiger partial charge in [-0.1, -0.05) is 133 Å². The number of para-hydroxylation sites is 1. The lowest BCUT2D eigenvalue weighted by atomic mass is 9.84. The molecule has 2 nitrogen and oxygen atoms in total. The van der Waals surface area contributed by atoms with Gasteiger partial charge < -0.3 is 9.64 Å². The molecule has 0 saturated carbocycles. The molecule has 0 radical (unpaired) electrons. The van der Waals surface area contributed by atoms with Gasteiger partial charge in [0.25, 0.3) is 0 Å². The van der Waals surface area contributed by atoms with Crippen molar-refractivity contribution in [1.29, 1.82) is 0 Å². The molecule has 2 unspecified atom stereocenters. The van der Waals surface area contributed by atoms with Gasteiger partial charge in [-0.05, 0) is 94.5 Å². The zero-order valence-electron chi connectivity index (χ0n) is 31.4. The van der Waals surface area contributed by atoms with Crippen molar-refractivity contribution in [2.75, 3.05) is 4.90 Å². The van der Waals surface area contributed by atoms with Crippen molar-refractivity contribution in [2.45, 2.75) is 12.0 Å². The lowest BCUT2D eigenvalue weighted by Gasteiger charge is -2.27. The van der Waals surface area contributed by atoms with Gasteiger partial charge in [-0.15, -0.1) is 22.7 Å². The Morgan fingerprint density at radius 2 is 1.09 bits per heavy atom. The maximum atomic E-state index is 6.56. The van der Waals surface area contributed by atoms with Crippen LogP contribution in [0.1, 0.15) is 17.0 Å². The lowest BCUT2D eigenvalue weighted by molar-refractivity contribution is 0.278. The molecule has 10 aromatic rings. The van der Waals surface area contributed by atoms with Crippen molar-refractivity contribution in [1.82, 2.24) is 0 Å². The highest BCUT2D eigenvalue weighted by molar-refractivity contribution is 7.26. The highest BCUT2D eigenvalue weighted by atomic mass is 32.1. The van der Waals surface area contributed by atoms with Crippen molar-refractivity contribution >= 4 is 85.7 Å². The van der Waals surface area contributed by atoms with E-state index in [0.717, 1.165) is 22.8 Å². The van der Waals surface area contributed by atoms with Gasteiger partial charge in [-0.2, -0.15) is 0 Å². The zero-order valence-corrected chi connectivity index (χ0v) is 33.0. The molecule has 3 heterocycles. The molecule has 0 amide bonds. The van der Waals surface area contributed by atoms with E-state index in [1.807, 2.05) is 22.7 Å². The van der Waals surface area contributed by atoms with E-state index < -0.39 is 0 Å². The summed E-state index contributed by atoms with van der Waals surface area (Å²) in [6.45, 7) is 0. The number of anilines is 3. The Hall–Kier alpha value is -6.72. The third-order valence-corrected chi connectivity index (χ3v) is 14.2. The summed E-state index contributed by atoms with van der Waals surface area (Å²) < 4.78 is 11.8. The van der Waals surface area contributed by atoms with Crippen LogP contribution in [0.25, 0.3) is 68.2 Å². The molecule has 0 N–H and O–H groups in total. The van der Waals surface area contributed by atoms with Crippen molar-refractivity contribution in [3.8, 4) is 28.0 Å². The van der Waals surface area contributed by atoms with Crippen molar-refractivity contribution < 1.29 is 4.74 Å². The average Bonchev–Trinajstić information content (AvgIpc) is 3.98. The zero-order chi connectivity index (χ0) is 38.2. The number of benzene rings is 8. The number of rotatable bonds is 6. The fourth-order valence-electron chi connectivity index (χ4n) is 9.08. The van der Waals surface area contributed by atoms with Gasteiger partial charge in [0.15, 0.2) is 0 Å². The fraction of sp³-hybridized carbons (Fsp3) is 0.0370. The standard InChI is InChI=1S/C54H35NOS2/c1-4-19-49-43(12-1)46-17-8-15-41(53(46)56-49)34-22-27-38(28-23-34)55(39-29-24-35(25-30-39)42-16-9-18-47-44-13-2-6-21-51(44)58-54(42)47)40-11-7-10-36(32-40)37-26-31-52-48(33-37)45-14-3-5-20-50(45)57-52/h1-33,46,53H. The summed E-state index contributed by atoms with van der Waals surface area (Å²) in [4.78, 5) is 2.38. The highest BCUT2D eigenvalue weighted by Crippen LogP contribution is 2.47. The third kappa shape index (κ3) is 5.44. The molecule has 2 aromatic heterocycles. The number of nitrogens with zero attached hydrogens (tertiary/aromatic N) is 1. The Labute approximate surface area is 344 Å².